The number of carbonyl (C=O) groups excluding carboxylic acids is 1. The summed E-state index contributed by atoms with van der Waals surface area (Å²) < 4.78 is 0. The molecule has 0 aliphatic heterocycles. The third-order valence-electron chi connectivity index (χ3n) is 1.50. The van der Waals surface area contributed by atoms with Gasteiger partial charge in [-0.2, -0.15) is 10.5 Å². The number of Topliss-reactive ketones (excluding diaryl/α,β-unsaturated/α-hetero) is 1. The number of nitrogens with zero attached hydrogens (tertiary/aromatic N) is 2. The van der Waals surface area contributed by atoms with E-state index >= 15 is 0 Å². The van der Waals surface area contributed by atoms with Crippen LogP contribution in [0.15, 0.2) is 17.5 Å². The standard InChI is InChI=1S/C9H6N2OS/c10-5-7(6-11)4-8(12)9-2-1-3-13-9/h1-3,7H,4H2. The molecular formula is C9H6N2OS. The Morgan fingerprint density at radius 3 is 2.69 bits per heavy atom. The Kier molecular flexibility index (Phi) is 3.19. The molecule has 1 aromatic rings. The molecule has 0 aliphatic rings. The van der Waals surface area contributed by atoms with Crippen molar-refractivity contribution in [1.82, 2.24) is 0 Å². The second-order valence-corrected chi connectivity index (χ2v) is 3.36. The molecule has 0 aromatic carbocycles. The Hall–Kier alpha value is -1.65. The lowest BCUT2D eigenvalue weighted by Gasteiger charge is -1.95. The first kappa shape index (κ1) is 9.44. The summed E-state index contributed by atoms with van der Waals surface area (Å²) in [7, 11) is 0. The van der Waals surface area contributed by atoms with Crippen LogP contribution in [0.1, 0.15) is 16.1 Å². The maximum atomic E-state index is 11.3. The zero-order chi connectivity index (χ0) is 9.68. The van der Waals surface area contributed by atoms with E-state index in [0.29, 0.717) is 4.88 Å². The molecule has 0 atom stereocenters. The Morgan fingerprint density at radius 1 is 1.54 bits per heavy atom. The van der Waals surface area contributed by atoms with Crippen molar-refractivity contribution in [2.24, 2.45) is 5.92 Å². The van der Waals surface area contributed by atoms with E-state index in [-0.39, 0.29) is 12.2 Å². The largest absolute Gasteiger partial charge is 0.293 e. The SMILES string of the molecule is N#CC(C#N)CC(=O)c1cccs1. The number of ketones is 1. The van der Waals surface area contributed by atoms with Crippen LogP contribution in [0.3, 0.4) is 0 Å². The van der Waals surface area contributed by atoms with Gasteiger partial charge in [-0.15, -0.1) is 11.3 Å². The lowest BCUT2D eigenvalue weighted by atomic mass is 10.1. The number of rotatable bonds is 3. The van der Waals surface area contributed by atoms with Crippen molar-refractivity contribution in [2.45, 2.75) is 6.42 Å². The van der Waals surface area contributed by atoms with Crippen molar-refractivity contribution < 1.29 is 4.79 Å². The van der Waals surface area contributed by atoms with Crippen LogP contribution in [-0.2, 0) is 0 Å². The van der Waals surface area contributed by atoms with Gasteiger partial charge in [0, 0.05) is 6.42 Å². The van der Waals surface area contributed by atoms with Crippen molar-refractivity contribution >= 4 is 17.1 Å². The monoisotopic (exact) mass is 190 g/mol. The van der Waals surface area contributed by atoms with Gasteiger partial charge in [-0.05, 0) is 11.4 Å². The number of hydrogen-bond acceptors (Lipinski definition) is 4. The van der Waals surface area contributed by atoms with Crippen LogP contribution < -0.4 is 0 Å². The lowest BCUT2D eigenvalue weighted by molar-refractivity contribution is 0.0980. The van der Waals surface area contributed by atoms with Gasteiger partial charge in [-0.25, -0.2) is 0 Å². The maximum absolute atomic E-state index is 11.3. The summed E-state index contributed by atoms with van der Waals surface area (Å²) in [6.45, 7) is 0. The summed E-state index contributed by atoms with van der Waals surface area (Å²) in [5, 5.41) is 18.7. The minimum absolute atomic E-state index is 0.00644. The molecule has 0 amide bonds. The summed E-state index contributed by atoms with van der Waals surface area (Å²) >= 11 is 1.33. The Morgan fingerprint density at radius 2 is 2.23 bits per heavy atom. The van der Waals surface area contributed by atoms with E-state index in [0.717, 1.165) is 0 Å². The minimum Gasteiger partial charge on any atom is -0.293 e. The molecule has 1 aromatic heterocycles. The quantitative estimate of drug-likeness (QED) is 0.684. The lowest BCUT2D eigenvalue weighted by Crippen LogP contribution is -2.03. The predicted molar refractivity (Wildman–Crippen MR) is 48.0 cm³/mol. The molecule has 0 N–H and O–H groups in total. The predicted octanol–water partition coefficient (Wildman–Crippen LogP) is 1.98. The molecule has 0 saturated heterocycles. The van der Waals surface area contributed by atoms with Crippen LogP contribution in [0.4, 0.5) is 0 Å². The molecular weight excluding hydrogens is 184 g/mol. The van der Waals surface area contributed by atoms with Crippen molar-refractivity contribution in [2.75, 3.05) is 0 Å². The fraction of sp³-hybridized carbons (Fsp3) is 0.222. The second-order valence-electron chi connectivity index (χ2n) is 2.42. The second kappa shape index (κ2) is 4.39. The smallest absolute Gasteiger partial charge is 0.175 e. The Labute approximate surface area is 79.8 Å². The van der Waals surface area contributed by atoms with Gasteiger partial charge < -0.3 is 0 Å². The Bertz CT molecular complexity index is 355. The zero-order valence-corrected chi connectivity index (χ0v) is 7.54. The summed E-state index contributed by atoms with van der Waals surface area (Å²) in [5.41, 5.74) is 0. The highest BCUT2D eigenvalue weighted by molar-refractivity contribution is 7.12. The normalized spacial score (nSPS) is 9.15. The Balaban J connectivity index is 2.63. The van der Waals surface area contributed by atoms with E-state index < -0.39 is 5.92 Å². The molecule has 0 radical (unpaired) electrons. The van der Waals surface area contributed by atoms with Gasteiger partial charge in [0.25, 0.3) is 0 Å². The van der Waals surface area contributed by atoms with Crippen molar-refractivity contribution in [1.29, 1.82) is 10.5 Å². The van der Waals surface area contributed by atoms with Crippen LogP contribution in [-0.4, -0.2) is 5.78 Å². The summed E-state index contributed by atoms with van der Waals surface area (Å²) in [5.74, 6) is -0.960. The first-order valence-corrected chi connectivity index (χ1v) is 4.52. The molecule has 64 valence electrons. The maximum Gasteiger partial charge on any atom is 0.175 e. The molecule has 13 heavy (non-hydrogen) atoms. The van der Waals surface area contributed by atoms with Gasteiger partial charge in [0.15, 0.2) is 5.78 Å². The molecule has 0 saturated carbocycles. The van der Waals surface area contributed by atoms with Gasteiger partial charge in [0.2, 0.25) is 0 Å². The van der Waals surface area contributed by atoms with E-state index in [4.69, 9.17) is 10.5 Å². The van der Waals surface area contributed by atoms with Crippen LogP contribution in [0.2, 0.25) is 0 Å². The van der Waals surface area contributed by atoms with Gasteiger partial charge >= 0.3 is 0 Å². The topological polar surface area (TPSA) is 64.7 Å². The fourth-order valence-electron chi connectivity index (χ4n) is 0.843. The third-order valence-corrected chi connectivity index (χ3v) is 2.41. The average Bonchev–Trinajstić information content (AvgIpc) is 2.66. The number of thiophene rings is 1. The molecule has 3 nitrogen and oxygen atoms in total. The summed E-state index contributed by atoms with van der Waals surface area (Å²) in [4.78, 5) is 11.9. The van der Waals surface area contributed by atoms with Crippen LogP contribution >= 0.6 is 11.3 Å². The van der Waals surface area contributed by atoms with E-state index in [1.165, 1.54) is 11.3 Å². The molecule has 0 aliphatic carbocycles. The number of nitriles is 2. The molecule has 0 bridgehead atoms. The minimum atomic E-state index is -0.824. The highest BCUT2D eigenvalue weighted by Crippen LogP contribution is 2.14. The zero-order valence-electron chi connectivity index (χ0n) is 6.73. The molecule has 4 heteroatoms. The van der Waals surface area contributed by atoms with Gasteiger partial charge in [0.1, 0.15) is 5.92 Å². The fourth-order valence-corrected chi connectivity index (χ4v) is 1.52. The van der Waals surface area contributed by atoms with Crippen molar-refractivity contribution in [3.8, 4) is 12.1 Å². The highest BCUT2D eigenvalue weighted by Gasteiger charge is 2.14. The van der Waals surface area contributed by atoms with Gasteiger partial charge in [-0.3, -0.25) is 4.79 Å². The van der Waals surface area contributed by atoms with Crippen LogP contribution in [0, 0.1) is 28.6 Å². The van der Waals surface area contributed by atoms with Gasteiger partial charge in [-0.1, -0.05) is 6.07 Å². The number of carbonyl (C=O) groups is 1. The van der Waals surface area contributed by atoms with E-state index in [1.807, 2.05) is 0 Å². The van der Waals surface area contributed by atoms with Crippen molar-refractivity contribution in [3.05, 3.63) is 22.4 Å². The molecule has 0 fully saturated rings. The van der Waals surface area contributed by atoms with E-state index in [2.05, 4.69) is 0 Å². The van der Waals surface area contributed by atoms with Crippen LogP contribution in [0.5, 0.6) is 0 Å². The summed E-state index contributed by atoms with van der Waals surface area (Å²) in [6.07, 6.45) is -0.00644. The summed E-state index contributed by atoms with van der Waals surface area (Å²) in [6, 6.07) is 7.00. The van der Waals surface area contributed by atoms with Crippen molar-refractivity contribution in [3.63, 3.8) is 0 Å². The third kappa shape index (κ3) is 2.40. The van der Waals surface area contributed by atoms with E-state index in [1.54, 1.807) is 29.7 Å². The first-order valence-electron chi connectivity index (χ1n) is 3.64. The first-order chi connectivity index (χ1) is 6.27. The average molecular weight is 190 g/mol. The molecule has 1 rings (SSSR count). The highest BCUT2D eigenvalue weighted by atomic mass is 32.1. The van der Waals surface area contributed by atoms with E-state index in [9.17, 15) is 4.79 Å². The molecule has 0 spiro atoms. The molecule has 0 unspecified atom stereocenters. The number of hydrogen-bond donors (Lipinski definition) is 0. The molecule has 1 heterocycles. The van der Waals surface area contributed by atoms with Crippen LogP contribution in [0.25, 0.3) is 0 Å². The van der Waals surface area contributed by atoms with Gasteiger partial charge in [0.05, 0.1) is 17.0 Å².